The SMILES string of the molecule is CCC1OC(=O)[C@H](C)[C@@H](O[C@H]2C[C@@](C)(OC)[C@@H](O)[C@H](C)O2)[C@H](C)[C@@H](O[C@@H]2O[C@H](C)C[C@H](N(C)C)[C@H]2O)[C@](C)(O)C[C@@H](C)CN(C)[C@H](C)[C@@H](O)[C@]1(C)O. The molecule has 14 nitrogen and oxygen atoms in total. The number of carbonyl (C=O) groups excluding carboxylic acids is 1. The number of rotatable bonds is 7. The van der Waals surface area contributed by atoms with Gasteiger partial charge in [0.15, 0.2) is 12.6 Å². The molecule has 3 heterocycles. The lowest BCUT2D eigenvalue weighted by Crippen LogP contribution is -2.60. The maximum atomic E-state index is 14.2. The van der Waals surface area contributed by atoms with Crippen molar-refractivity contribution >= 4 is 5.97 Å². The average Bonchev–Trinajstić information content (AvgIpc) is 3.05. The van der Waals surface area contributed by atoms with Gasteiger partial charge in [-0.25, -0.2) is 0 Å². The van der Waals surface area contributed by atoms with Crippen LogP contribution in [-0.4, -0.2) is 166 Å². The zero-order chi connectivity index (χ0) is 39.7. The number of aliphatic hydroxyl groups excluding tert-OH is 3. The number of esters is 1. The van der Waals surface area contributed by atoms with Crippen LogP contribution in [-0.2, 0) is 33.2 Å². The van der Waals surface area contributed by atoms with Crippen LogP contribution in [0.25, 0.3) is 0 Å². The monoisotopic (exact) mass is 749 g/mol. The second-order valence-electron chi connectivity index (χ2n) is 17.2. The van der Waals surface area contributed by atoms with Crippen molar-refractivity contribution < 1.29 is 58.7 Å². The van der Waals surface area contributed by atoms with Crippen molar-refractivity contribution in [3.8, 4) is 0 Å². The number of hydrogen-bond acceptors (Lipinski definition) is 14. The molecule has 0 aromatic carbocycles. The summed E-state index contributed by atoms with van der Waals surface area (Å²) in [5, 5.41) is 58.1. The number of carbonyl (C=O) groups is 1. The number of hydrogen-bond donors (Lipinski definition) is 5. The summed E-state index contributed by atoms with van der Waals surface area (Å²) in [6.45, 7) is 18.0. The maximum absolute atomic E-state index is 14.2. The molecule has 14 heteroatoms. The molecule has 1 unspecified atom stereocenters. The van der Waals surface area contributed by atoms with Crippen LogP contribution < -0.4 is 0 Å². The van der Waals surface area contributed by atoms with Gasteiger partial charge in [-0.3, -0.25) is 4.79 Å². The van der Waals surface area contributed by atoms with E-state index in [1.807, 2.05) is 51.7 Å². The minimum absolute atomic E-state index is 0.133. The van der Waals surface area contributed by atoms with Gasteiger partial charge < -0.3 is 63.8 Å². The standard InChI is InChI=1S/C38H72N2O12/c1-15-27-38(10,46)31(42)24(6)40(13)19-20(2)17-36(8,45)33(52-35-29(41)26(39(11)12)16-21(3)48-35)22(4)30(23(5)34(44)50-27)51-28-18-37(9,47-14)32(43)25(7)49-28/h20-33,35,41-43,45-46H,15-19H2,1-14H3/t20-,21-,22+,23-,24-,25+,26+,27?,28+,29-,30+,31-,32+,33-,35+,36-,37-,38-/m1/s1. The van der Waals surface area contributed by atoms with Crippen LogP contribution in [0, 0.1) is 17.8 Å². The Balaban J connectivity index is 2.17. The van der Waals surface area contributed by atoms with Gasteiger partial charge in [-0.2, -0.15) is 0 Å². The molecule has 0 aliphatic carbocycles. The van der Waals surface area contributed by atoms with E-state index in [0.29, 0.717) is 13.0 Å². The van der Waals surface area contributed by atoms with Crippen LogP contribution in [0.2, 0.25) is 0 Å². The van der Waals surface area contributed by atoms with Gasteiger partial charge in [0.05, 0.1) is 41.5 Å². The fourth-order valence-electron chi connectivity index (χ4n) is 8.74. The molecule has 3 saturated heterocycles. The Hall–Kier alpha value is -1.01. The van der Waals surface area contributed by atoms with Crippen LogP contribution in [0.1, 0.15) is 94.9 Å². The summed E-state index contributed by atoms with van der Waals surface area (Å²) >= 11 is 0. The Kier molecular flexibility index (Phi) is 15.6. The van der Waals surface area contributed by atoms with Crippen LogP contribution in [0.4, 0.5) is 0 Å². The molecule has 3 fully saturated rings. The van der Waals surface area contributed by atoms with E-state index in [2.05, 4.69) is 0 Å². The smallest absolute Gasteiger partial charge is 0.311 e. The highest BCUT2D eigenvalue weighted by Crippen LogP contribution is 2.40. The van der Waals surface area contributed by atoms with Gasteiger partial charge in [-0.1, -0.05) is 20.8 Å². The molecule has 0 bridgehead atoms. The summed E-state index contributed by atoms with van der Waals surface area (Å²) in [5.74, 6) is -2.58. The second-order valence-corrected chi connectivity index (χ2v) is 17.2. The predicted molar refractivity (Wildman–Crippen MR) is 194 cm³/mol. The quantitative estimate of drug-likeness (QED) is 0.238. The van der Waals surface area contributed by atoms with Crippen molar-refractivity contribution in [3.63, 3.8) is 0 Å². The molecule has 52 heavy (non-hydrogen) atoms. The van der Waals surface area contributed by atoms with Gasteiger partial charge in [0, 0.05) is 38.1 Å². The Morgan fingerprint density at radius 1 is 0.942 bits per heavy atom. The number of methoxy groups -OCH3 is 1. The normalized spacial score (nSPS) is 49.6. The molecule has 3 aliphatic rings. The summed E-state index contributed by atoms with van der Waals surface area (Å²) in [5.41, 5.74) is -4.37. The number of likely N-dealkylation sites (N-methyl/N-ethyl adjacent to an activating group) is 2. The van der Waals surface area contributed by atoms with Crippen molar-refractivity contribution in [2.24, 2.45) is 17.8 Å². The molecular formula is C38H72N2O12. The van der Waals surface area contributed by atoms with Crippen LogP contribution in [0.3, 0.4) is 0 Å². The van der Waals surface area contributed by atoms with Crippen molar-refractivity contribution in [3.05, 3.63) is 0 Å². The van der Waals surface area contributed by atoms with Crippen molar-refractivity contribution in [2.45, 2.75) is 185 Å². The molecule has 306 valence electrons. The molecule has 0 saturated carbocycles. The van der Waals surface area contributed by atoms with E-state index >= 15 is 0 Å². The fourth-order valence-corrected chi connectivity index (χ4v) is 8.74. The molecular weight excluding hydrogens is 676 g/mol. The minimum atomic E-state index is -1.80. The molecule has 0 aromatic rings. The van der Waals surface area contributed by atoms with Crippen LogP contribution in [0.15, 0.2) is 0 Å². The zero-order valence-corrected chi connectivity index (χ0v) is 34.2. The van der Waals surface area contributed by atoms with E-state index in [4.69, 9.17) is 28.4 Å². The summed E-state index contributed by atoms with van der Waals surface area (Å²) in [4.78, 5) is 18.0. The van der Waals surface area contributed by atoms with Crippen LogP contribution >= 0.6 is 0 Å². The van der Waals surface area contributed by atoms with Crippen molar-refractivity contribution in [1.82, 2.24) is 9.80 Å². The largest absolute Gasteiger partial charge is 0.459 e. The van der Waals surface area contributed by atoms with Crippen molar-refractivity contribution in [1.29, 1.82) is 0 Å². The number of nitrogens with zero attached hydrogens (tertiary/aromatic N) is 2. The second kappa shape index (κ2) is 17.8. The molecule has 0 radical (unpaired) electrons. The fraction of sp³-hybridized carbons (Fsp3) is 0.974. The number of aliphatic hydroxyl groups is 5. The summed E-state index contributed by atoms with van der Waals surface area (Å²) in [6.07, 6.45) is -8.19. The van der Waals surface area contributed by atoms with E-state index in [9.17, 15) is 30.3 Å². The summed E-state index contributed by atoms with van der Waals surface area (Å²) < 4.78 is 37.5. The summed E-state index contributed by atoms with van der Waals surface area (Å²) in [6, 6.07) is -0.808. The van der Waals surface area contributed by atoms with E-state index in [0.717, 1.165) is 0 Å². The third kappa shape index (κ3) is 10.0. The van der Waals surface area contributed by atoms with E-state index in [1.54, 1.807) is 41.5 Å². The minimum Gasteiger partial charge on any atom is -0.459 e. The summed E-state index contributed by atoms with van der Waals surface area (Å²) in [7, 11) is 7.12. The first-order chi connectivity index (χ1) is 23.9. The highest BCUT2D eigenvalue weighted by molar-refractivity contribution is 5.73. The molecule has 0 amide bonds. The topological polar surface area (TPSA) is 180 Å². The third-order valence-corrected chi connectivity index (χ3v) is 12.2. The van der Waals surface area contributed by atoms with Gasteiger partial charge >= 0.3 is 5.97 Å². The lowest BCUT2D eigenvalue weighted by molar-refractivity contribution is -0.318. The highest BCUT2D eigenvalue weighted by Gasteiger charge is 2.52. The first kappa shape index (κ1) is 45.4. The molecule has 5 N–H and O–H groups in total. The highest BCUT2D eigenvalue weighted by atomic mass is 16.7. The van der Waals surface area contributed by atoms with E-state index < -0.39 is 96.0 Å². The Bertz CT molecular complexity index is 1140. The van der Waals surface area contributed by atoms with Gasteiger partial charge in [0.2, 0.25) is 0 Å². The van der Waals surface area contributed by atoms with Gasteiger partial charge in [0.1, 0.15) is 30.0 Å². The van der Waals surface area contributed by atoms with Gasteiger partial charge in [-0.05, 0) is 94.8 Å². The third-order valence-electron chi connectivity index (χ3n) is 12.2. The molecule has 18 atom stereocenters. The first-order valence-corrected chi connectivity index (χ1v) is 19.1. The predicted octanol–water partition coefficient (Wildman–Crippen LogP) is 1.90. The average molecular weight is 749 g/mol. The van der Waals surface area contributed by atoms with Crippen LogP contribution in [0.5, 0.6) is 0 Å². The Labute approximate surface area is 312 Å². The van der Waals surface area contributed by atoms with E-state index in [1.165, 1.54) is 14.0 Å². The van der Waals surface area contributed by atoms with E-state index in [-0.39, 0.29) is 37.3 Å². The lowest BCUT2D eigenvalue weighted by atomic mass is 9.77. The molecule has 3 aliphatic heterocycles. The number of cyclic esters (lactones) is 1. The first-order valence-electron chi connectivity index (χ1n) is 19.1. The Morgan fingerprint density at radius 3 is 2.12 bits per heavy atom. The lowest BCUT2D eigenvalue weighted by Gasteiger charge is -2.48. The number of ether oxygens (including phenoxy) is 6. The van der Waals surface area contributed by atoms with Gasteiger partial charge in [0.25, 0.3) is 0 Å². The van der Waals surface area contributed by atoms with Gasteiger partial charge in [-0.15, -0.1) is 0 Å². The molecule has 0 spiro atoms. The maximum Gasteiger partial charge on any atom is 0.311 e. The Morgan fingerprint density at radius 2 is 1.56 bits per heavy atom. The van der Waals surface area contributed by atoms with Crippen molar-refractivity contribution in [2.75, 3.05) is 34.8 Å². The zero-order valence-electron chi connectivity index (χ0n) is 34.2. The molecule has 3 rings (SSSR count). The molecule has 0 aromatic heterocycles.